The highest BCUT2D eigenvalue weighted by Gasteiger charge is 2.35. The van der Waals surface area contributed by atoms with Crippen molar-refractivity contribution in [2.24, 2.45) is 0 Å². The lowest BCUT2D eigenvalue weighted by Gasteiger charge is -2.42. The average Bonchev–Trinajstić information content (AvgIpc) is 2.56. The van der Waals surface area contributed by atoms with Crippen molar-refractivity contribution < 1.29 is 27.9 Å². The summed E-state index contributed by atoms with van der Waals surface area (Å²) in [5, 5.41) is 8.90. The number of benzene rings is 1. The zero-order chi connectivity index (χ0) is 20.0. The maximum atomic E-state index is 12.3. The highest BCUT2D eigenvalue weighted by Crippen LogP contribution is 2.26. The Labute approximate surface area is 159 Å². The first-order valence-corrected chi connectivity index (χ1v) is 10.6. The minimum atomic E-state index is -3.52. The van der Waals surface area contributed by atoms with Gasteiger partial charge in [0.25, 0.3) is 0 Å². The van der Waals surface area contributed by atoms with E-state index in [-0.39, 0.29) is 31.0 Å². The topological polar surface area (TPSA) is 113 Å². The van der Waals surface area contributed by atoms with Gasteiger partial charge in [-0.2, -0.15) is 0 Å². The molecule has 0 amide bonds. The highest BCUT2D eigenvalue weighted by molar-refractivity contribution is 7.88. The molecule has 1 saturated carbocycles. The molecule has 150 valence electrons. The van der Waals surface area contributed by atoms with Crippen molar-refractivity contribution in [2.75, 3.05) is 19.7 Å². The summed E-state index contributed by atoms with van der Waals surface area (Å²) in [4.78, 5) is 24.3. The SMILES string of the molecule is CCOC(=O)c1ccc(CS(=O)(=O)NC2CC(N(CC)CC(=O)O)C2)cc1. The van der Waals surface area contributed by atoms with Crippen LogP contribution >= 0.6 is 0 Å². The number of likely N-dealkylation sites (N-methyl/N-ethyl adjacent to an activating group) is 1. The summed E-state index contributed by atoms with van der Waals surface area (Å²) < 4.78 is 32.2. The zero-order valence-corrected chi connectivity index (χ0v) is 16.4. The second kappa shape index (κ2) is 9.29. The number of carboxylic acid groups (broad SMARTS) is 1. The number of carbonyl (C=O) groups excluding carboxylic acids is 1. The standard InChI is InChI=1S/C18H26N2O6S/c1-3-20(11-17(21)22)16-9-15(10-16)19-27(24,25)12-13-5-7-14(8-6-13)18(23)26-4-2/h5-8,15-16,19H,3-4,9-12H2,1-2H3,(H,21,22). The lowest BCUT2D eigenvalue weighted by Crippen LogP contribution is -2.54. The largest absolute Gasteiger partial charge is 0.480 e. The van der Waals surface area contributed by atoms with Crippen LogP contribution in [0.5, 0.6) is 0 Å². The van der Waals surface area contributed by atoms with E-state index in [1.54, 1.807) is 31.2 Å². The van der Waals surface area contributed by atoms with E-state index in [4.69, 9.17) is 9.84 Å². The molecule has 0 bridgehead atoms. The zero-order valence-electron chi connectivity index (χ0n) is 15.6. The molecule has 0 heterocycles. The third-order valence-corrected chi connectivity index (χ3v) is 5.95. The summed E-state index contributed by atoms with van der Waals surface area (Å²) in [7, 11) is -3.52. The molecule has 0 aromatic heterocycles. The average molecular weight is 398 g/mol. The van der Waals surface area contributed by atoms with Gasteiger partial charge in [0.15, 0.2) is 0 Å². The molecular weight excluding hydrogens is 372 g/mol. The van der Waals surface area contributed by atoms with Gasteiger partial charge in [-0.1, -0.05) is 19.1 Å². The van der Waals surface area contributed by atoms with E-state index in [0.717, 1.165) is 0 Å². The van der Waals surface area contributed by atoms with Gasteiger partial charge < -0.3 is 9.84 Å². The van der Waals surface area contributed by atoms with Crippen molar-refractivity contribution in [3.63, 3.8) is 0 Å². The Hall–Kier alpha value is -1.97. The molecule has 1 aromatic rings. The molecule has 0 saturated heterocycles. The molecule has 0 radical (unpaired) electrons. The van der Waals surface area contributed by atoms with Crippen LogP contribution in [0.4, 0.5) is 0 Å². The summed E-state index contributed by atoms with van der Waals surface area (Å²) in [5.74, 6) is -1.50. The predicted octanol–water partition coefficient (Wildman–Crippen LogP) is 1.22. The number of aliphatic carboxylic acids is 1. The van der Waals surface area contributed by atoms with Gasteiger partial charge in [-0.25, -0.2) is 17.9 Å². The van der Waals surface area contributed by atoms with E-state index in [0.29, 0.717) is 30.5 Å². The number of nitrogens with zero attached hydrogens (tertiary/aromatic N) is 1. The highest BCUT2D eigenvalue weighted by atomic mass is 32.2. The van der Waals surface area contributed by atoms with Crippen LogP contribution in [0.3, 0.4) is 0 Å². The van der Waals surface area contributed by atoms with E-state index in [1.165, 1.54) is 0 Å². The Bertz CT molecular complexity index is 757. The Morgan fingerprint density at radius 3 is 2.37 bits per heavy atom. The van der Waals surface area contributed by atoms with E-state index in [1.807, 2.05) is 11.8 Å². The molecule has 1 fully saturated rings. The molecule has 0 atom stereocenters. The predicted molar refractivity (Wildman–Crippen MR) is 99.9 cm³/mol. The van der Waals surface area contributed by atoms with E-state index in [9.17, 15) is 18.0 Å². The molecule has 8 nitrogen and oxygen atoms in total. The van der Waals surface area contributed by atoms with Crippen molar-refractivity contribution >= 4 is 22.0 Å². The van der Waals surface area contributed by atoms with Crippen molar-refractivity contribution in [3.8, 4) is 0 Å². The smallest absolute Gasteiger partial charge is 0.338 e. The first kappa shape index (κ1) is 21.3. The Morgan fingerprint density at radius 1 is 1.22 bits per heavy atom. The number of carboxylic acids is 1. The van der Waals surface area contributed by atoms with Gasteiger partial charge in [-0.15, -0.1) is 0 Å². The van der Waals surface area contributed by atoms with Crippen LogP contribution in [-0.4, -0.2) is 62.1 Å². The van der Waals surface area contributed by atoms with Crippen LogP contribution in [0.2, 0.25) is 0 Å². The van der Waals surface area contributed by atoms with Crippen LogP contribution in [0.1, 0.15) is 42.6 Å². The fraction of sp³-hybridized carbons (Fsp3) is 0.556. The maximum Gasteiger partial charge on any atom is 0.338 e. The number of nitrogens with one attached hydrogen (secondary N) is 1. The van der Waals surface area contributed by atoms with E-state index >= 15 is 0 Å². The van der Waals surface area contributed by atoms with Gasteiger partial charge in [0.05, 0.1) is 24.5 Å². The molecule has 1 aliphatic carbocycles. The molecule has 1 aliphatic rings. The first-order valence-electron chi connectivity index (χ1n) is 8.96. The minimum Gasteiger partial charge on any atom is -0.480 e. The summed E-state index contributed by atoms with van der Waals surface area (Å²) in [5.41, 5.74) is 0.957. The number of sulfonamides is 1. The van der Waals surface area contributed by atoms with Crippen LogP contribution in [0.25, 0.3) is 0 Å². The molecular formula is C18H26N2O6S. The minimum absolute atomic E-state index is 0.0343. The van der Waals surface area contributed by atoms with E-state index in [2.05, 4.69) is 4.72 Å². The van der Waals surface area contributed by atoms with Gasteiger partial charge in [0, 0.05) is 12.1 Å². The second-order valence-corrected chi connectivity index (χ2v) is 8.33. The van der Waals surface area contributed by atoms with E-state index < -0.39 is 22.0 Å². The van der Waals surface area contributed by atoms with Gasteiger partial charge in [-0.05, 0) is 44.0 Å². The fourth-order valence-corrected chi connectivity index (χ4v) is 4.54. The molecule has 2 N–H and O–H groups in total. The fourth-order valence-electron chi connectivity index (χ4n) is 3.12. The Kier molecular flexibility index (Phi) is 7.34. The van der Waals surface area contributed by atoms with Crippen molar-refractivity contribution in [1.29, 1.82) is 0 Å². The Balaban J connectivity index is 1.86. The van der Waals surface area contributed by atoms with Crippen molar-refractivity contribution in [1.82, 2.24) is 9.62 Å². The summed E-state index contributed by atoms with van der Waals surface area (Å²) in [6.45, 7) is 4.47. The Morgan fingerprint density at radius 2 is 1.85 bits per heavy atom. The lowest BCUT2D eigenvalue weighted by atomic mass is 9.86. The lowest BCUT2D eigenvalue weighted by molar-refractivity contribution is -0.139. The molecule has 2 rings (SSSR count). The number of carbonyl (C=O) groups is 2. The van der Waals surface area contributed by atoms with Crippen LogP contribution < -0.4 is 4.72 Å². The number of rotatable bonds is 10. The van der Waals surface area contributed by atoms with Crippen molar-refractivity contribution in [2.45, 2.75) is 44.5 Å². The number of hydrogen-bond acceptors (Lipinski definition) is 6. The first-order chi connectivity index (χ1) is 12.7. The van der Waals surface area contributed by atoms with Crippen molar-refractivity contribution in [3.05, 3.63) is 35.4 Å². The number of esters is 1. The van der Waals surface area contributed by atoms with Gasteiger partial charge >= 0.3 is 11.9 Å². The quantitative estimate of drug-likeness (QED) is 0.570. The summed E-state index contributed by atoms with van der Waals surface area (Å²) >= 11 is 0. The normalized spacial score (nSPS) is 19.5. The second-order valence-electron chi connectivity index (χ2n) is 6.57. The van der Waals surface area contributed by atoms with Crippen LogP contribution in [0, 0.1) is 0 Å². The molecule has 0 unspecified atom stereocenters. The maximum absolute atomic E-state index is 12.3. The number of hydrogen-bond donors (Lipinski definition) is 2. The molecule has 9 heteroatoms. The molecule has 0 spiro atoms. The van der Waals surface area contributed by atoms with Gasteiger partial charge in [0.1, 0.15) is 0 Å². The third kappa shape index (κ3) is 6.30. The van der Waals surface area contributed by atoms with Crippen LogP contribution in [0.15, 0.2) is 24.3 Å². The summed E-state index contributed by atoms with van der Waals surface area (Å²) in [6.07, 6.45) is 1.20. The number of ether oxygens (including phenoxy) is 1. The molecule has 27 heavy (non-hydrogen) atoms. The monoisotopic (exact) mass is 398 g/mol. The molecule has 1 aromatic carbocycles. The molecule has 0 aliphatic heterocycles. The summed E-state index contributed by atoms with van der Waals surface area (Å²) in [6, 6.07) is 6.20. The van der Waals surface area contributed by atoms with Gasteiger partial charge in [-0.3, -0.25) is 9.69 Å². The third-order valence-electron chi connectivity index (χ3n) is 4.54. The van der Waals surface area contributed by atoms with Crippen LogP contribution in [-0.2, 0) is 25.3 Å². The van der Waals surface area contributed by atoms with Gasteiger partial charge in [0.2, 0.25) is 10.0 Å².